The Morgan fingerprint density at radius 3 is 2.92 bits per heavy atom. The van der Waals surface area contributed by atoms with E-state index in [1.54, 1.807) is 6.07 Å². The Morgan fingerprint density at radius 1 is 1.54 bits per heavy atom. The summed E-state index contributed by atoms with van der Waals surface area (Å²) in [6, 6.07) is 5.72. The molecule has 0 saturated heterocycles. The van der Waals surface area contributed by atoms with Crippen molar-refractivity contribution in [2.45, 2.75) is 6.42 Å². The van der Waals surface area contributed by atoms with Crippen LogP contribution in [-0.4, -0.2) is 11.1 Å². The molecule has 13 heavy (non-hydrogen) atoms. The zero-order valence-corrected chi connectivity index (χ0v) is 6.75. The maximum absolute atomic E-state index is 12.6. The van der Waals surface area contributed by atoms with Crippen molar-refractivity contribution < 1.29 is 14.3 Å². The fourth-order valence-corrected chi connectivity index (χ4v) is 0.788. The van der Waals surface area contributed by atoms with Gasteiger partial charge in [0, 0.05) is 5.56 Å². The molecule has 1 N–H and O–H groups in total. The quantitative estimate of drug-likeness (QED) is 0.664. The highest BCUT2D eigenvalue weighted by molar-refractivity contribution is 5.70. The molecule has 0 saturated carbocycles. The van der Waals surface area contributed by atoms with Gasteiger partial charge >= 0.3 is 5.97 Å². The normalized spacial score (nSPS) is 8.69. The van der Waals surface area contributed by atoms with E-state index in [0.29, 0.717) is 5.56 Å². The zero-order valence-electron chi connectivity index (χ0n) is 6.75. The Hall–Kier alpha value is -1.82. The van der Waals surface area contributed by atoms with Crippen molar-refractivity contribution in [1.82, 2.24) is 0 Å². The molecule has 0 aliphatic carbocycles. The second kappa shape index (κ2) is 4.27. The van der Waals surface area contributed by atoms with Gasteiger partial charge < -0.3 is 5.11 Å². The highest BCUT2D eigenvalue weighted by Gasteiger charge is 1.91. The van der Waals surface area contributed by atoms with Crippen LogP contribution in [-0.2, 0) is 4.79 Å². The lowest BCUT2D eigenvalue weighted by Gasteiger charge is -1.88. The van der Waals surface area contributed by atoms with Gasteiger partial charge in [-0.3, -0.25) is 4.79 Å². The number of benzene rings is 1. The van der Waals surface area contributed by atoms with Crippen molar-refractivity contribution in [2.75, 3.05) is 0 Å². The number of carboxylic acids is 1. The van der Waals surface area contributed by atoms with Gasteiger partial charge in [0.05, 0.1) is 0 Å². The lowest BCUT2D eigenvalue weighted by Crippen LogP contribution is -1.90. The predicted octanol–water partition coefficient (Wildman–Crippen LogP) is 1.65. The Labute approximate surface area is 75.0 Å². The SMILES string of the molecule is O=C(O)CC#Cc1cccc(F)c1. The number of halogens is 1. The van der Waals surface area contributed by atoms with Gasteiger partial charge in [-0.15, -0.1) is 0 Å². The van der Waals surface area contributed by atoms with Gasteiger partial charge in [0.25, 0.3) is 0 Å². The zero-order chi connectivity index (χ0) is 9.68. The van der Waals surface area contributed by atoms with Gasteiger partial charge in [-0.25, -0.2) is 4.39 Å². The molecule has 0 fully saturated rings. The molecule has 0 aliphatic rings. The van der Waals surface area contributed by atoms with Crippen molar-refractivity contribution in [3.8, 4) is 11.8 Å². The van der Waals surface area contributed by atoms with Crippen molar-refractivity contribution in [3.05, 3.63) is 35.6 Å². The molecule has 0 aliphatic heterocycles. The molecule has 1 aromatic carbocycles. The summed E-state index contributed by atoms with van der Waals surface area (Å²) in [5.74, 6) is 3.60. The first kappa shape index (κ1) is 9.27. The third-order valence-electron chi connectivity index (χ3n) is 1.30. The fraction of sp³-hybridized carbons (Fsp3) is 0.100. The molecule has 0 atom stereocenters. The summed E-state index contributed by atoms with van der Waals surface area (Å²) in [4.78, 5) is 10.1. The van der Waals surface area contributed by atoms with Crippen LogP contribution < -0.4 is 0 Å². The molecule has 1 aromatic rings. The van der Waals surface area contributed by atoms with E-state index in [9.17, 15) is 9.18 Å². The molecule has 0 heterocycles. The number of hydrogen-bond acceptors (Lipinski definition) is 1. The first-order chi connectivity index (χ1) is 6.18. The minimum absolute atomic E-state index is 0.226. The molecule has 66 valence electrons. The van der Waals surface area contributed by atoms with Crippen LogP contribution in [0.3, 0.4) is 0 Å². The van der Waals surface area contributed by atoms with Gasteiger partial charge in [0.2, 0.25) is 0 Å². The molecule has 0 bridgehead atoms. The molecule has 0 radical (unpaired) electrons. The number of rotatable bonds is 1. The van der Waals surface area contributed by atoms with E-state index in [2.05, 4.69) is 11.8 Å². The molecule has 2 nitrogen and oxygen atoms in total. The maximum atomic E-state index is 12.6. The van der Waals surface area contributed by atoms with Crippen LogP contribution in [0.25, 0.3) is 0 Å². The number of aliphatic carboxylic acids is 1. The summed E-state index contributed by atoms with van der Waals surface area (Å²) in [7, 11) is 0. The Balaban J connectivity index is 2.72. The summed E-state index contributed by atoms with van der Waals surface area (Å²) >= 11 is 0. The summed E-state index contributed by atoms with van der Waals surface area (Å²) in [5.41, 5.74) is 0.487. The maximum Gasteiger partial charge on any atom is 0.315 e. The average molecular weight is 178 g/mol. The third-order valence-corrected chi connectivity index (χ3v) is 1.30. The van der Waals surface area contributed by atoms with Crippen LogP contribution in [0.1, 0.15) is 12.0 Å². The Morgan fingerprint density at radius 2 is 2.31 bits per heavy atom. The lowest BCUT2D eigenvalue weighted by atomic mass is 10.2. The monoisotopic (exact) mass is 178 g/mol. The standard InChI is InChI=1S/C10H7FO2/c11-9-5-1-3-8(7-9)4-2-6-10(12)13/h1,3,5,7H,6H2,(H,12,13). The molecule has 0 spiro atoms. The Bertz CT molecular complexity index is 374. The van der Waals surface area contributed by atoms with Gasteiger partial charge in [0.1, 0.15) is 12.2 Å². The second-order valence-electron chi connectivity index (χ2n) is 2.38. The van der Waals surface area contributed by atoms with Crippen molar-refractivity contribution in [3.63, 3.8) is 0 Å². The van der Waals surface area contributed by atoms with Crippen LogP contribution in [0.2, 0.25) is 0 Å². The van der Waals surface area contributed by atoms with Gasteiger partial charge in [0.15, 0.2) is 0 Å². The summed E-state index contributed by atoms with van der Waals surface area (Å²) in [6.07, 6.45) is -0.226. The van der Waals surface area contributed by atoms with E-state index in [1.165, 1.54) is 18.2 Å². The predicted molar refractivity (Wildman–Crippen MR) is 45.5 cm³/mol. The number of hydrogen-bond donors (Lipinski definition) is 1. The minimum Gasteiger partial charge on any atom is -0.481 e. The largest absolute Gasteiger partial charge is 0.481 e. The van der Waals surface area contributed by atoms with Crippen LogP contribution in [0.15, 0.2) is 24.3 Å². The summed E-state index contributed by atoms with van der Waals surface area (Å²) < 4.78 is 12.6. The molecule has 0 unspecified atom stereocenters. The number of carbonyl (C=O) groups is 1. The van der Waals surface area contributed by atoms with E-state index in [1.807, 2.05) is 0 Å². The Kier molecular flexibility index (Phi) is 3.04. The van der Waals surface area contributed by atoms with E-state index < -0.39 is 5.97 Å². The van der Waals surface area contributed by atoms with Gasteiger partial charge in [-0.05, 0) is 18.2 Å². The summed E-state index contributed by atoms with van der Waals surface area (Å²) in [5, 5.41) is 8.27. The summed E-state index contributed by atoms with van der Waals surface area (Å²) in [6.45, 7) is 0. The highest BCUT2D eigenvalue weighted by atomic mass is 19.1. The van der Waals surface area contributed by atoms with Gasteiger partial charge in [-0.2, -0.15) is 0 Å². The van der Waals surface area contributed by atoms with Gasteiger partial charge in [-0.1, -0.05) is 17.9 Å². The van der Waals surface area contributed by atoms with Crippen LogP contribution in [0.5, 0.6) is 0 Å². The van der Waals surface area contributed by atoms with E-state index in [4.69, 9.17) is 5.11 Å². The first-order valence-corrected chi connectivity index (χ1v) is 3.65. The topological polar surface area (TPSA) is 37.3 Å². The van der Waals surface area contributed by atoms with Crippen molar-refractivity contribution in [2.24, 2.45) is 0 Å². The molecule has 0 amide bonds. The number of carboxylic acid groups (broad SMARTS) is 1. The first-order valence-electron chi connectivity index (χ1n) is 3.65. The second-order valence-corrected chi connectivity index (χ2v) is 2.38. The minimum atomic E-state index is -0.982. The van der Waals surface area contributed by atoms with Crippen LogP contribution in [0.4, 0.5) is 4.39 Å². The van der Waals surface area contributed by atoms with Crippen LogP contribution >= 0.6 is 0 Å². The average Bonchev–Trinajstić information content (AvgIpc) is 2.03. The lowest BCUT2D eigenvalue weighted by molar-refractivity contribution is -0.135. The highest BCUT2D eigenvalue weighted by Crippen LogP contribution is 2.01. The molecular formula is C10H7FO2. The molecule has 0 aromatic heterocycles. The van der Waals surface area contributed by atoms with Crippen molar-refractivity contribution in [1.29, 1.82) is 0 Å². The fourth-order valence-electron chi connectivity index (χ4n) is 0.788. The van der Waals surface area contributed by atoms with Crippen molar-refractivity contribution >= 4 is 5.97 Å². The van der Waals surface area contributed by atoms with E-state index in [0.717, 1.165) is 0 Å². The van der Waals surface area contributed by atoms with E-state index in [-0.39, 0.29) is 12.2 Å². The van der Waals surface area contributed by atoms with Crippen LogP contribution in [0, 0.1) is 17.7 Å². The smallest absolute Gasteiger partial charge is 0.315 e. The molecule has 3 heteroatoms. The molecular weight excluding hydrogens is 171 g/mol. The third kappa shape index (κ3) is 3.39. The molecule has 1 rings (SSSR count). The van der Waals surface area contributed by atoms with E-state index >= 15 is 0 Å².